The minimum Gasteiger partial charge on any atom is -0.468 e. The van der Waals surface area contributed by atoms with Crippen LogP contribution in [0.2, 0.25) is 0 Å². The summed E-state index contributed by atoms with van der Waals surface area (Å²) in [6.07, 6.45) is 3.70. The first kappa shape index (κ1) is 15.4. The molecular weight excluding hydrogens is 228 g/mol. The van der Waals surface area contributed by atoms with Crippen molar-refractivity contribution in [3.05, 3.63) is 0 Å². The highest BCUT2D eigenvalue weighted by atomic mass is 16.5. The van der Waals surface area contributed by atoms with Crippen LogP contribution in [0.15, 0.2) is 0 Å². The van der Waals surface area contributed by atoms with Crippen LogP contribution in [0.5, 0.6) is 0 Å². The molecule has 1 aliphatic rings. The van der Waals surface area contributed by atoms with Crippen LogP contribution in [0.4, 0.5) is 0 Å². The minimum atomic E-state index is -0.588. The Kier molecular flexibility index (Phi) is 6.09. The maximum Gasteiger partial charge on any atom is 0.327 e. The molecule has 0 aromatic heterocycles. The van der Waals surface area contributed by atoms with Crippen molar-refractivity contribution in [2.24, 2.45) is 5.92 Å². The normalized spacial score (nSPS) is 18.7. The van der Waals surface area contributed by atoms with E-state index in [1.807, 2.05) is 6.92 Å². The number of nitrogens with zero attached hydrogens (tertiary/aromatic N) is 1. The van der Waals surface area contributed by atoms with Gasteiger partial charge in [0.2, 0.25) is 0 Å². The van der Waals surface area contributed by atoms with Gasteiger partial charge in [0.25, 0.3) is 0 Å². The van der Waals surface area contributed by atoms with E-state index in [4.69, 9.17) is 4.74 Å². The van der Waals surface area contributed by atoms with Gasteiger partial charge in [-0.2, -0.15) is 0 Å². The van der Waals surface area contributed by atoms with Crippen molar-refractivity contribution in [2.45, 2.75) is 45.6 Å². The highest BCUT2D eigenvalue weighted by molar-refractivity contribution is 5.80. The first-order chi connectivity index (χ1) is 8.55. The van der Waals surface area contributed by atoms with Crippen molar-refractivity contribution in [1.29, 1.82) is 0 Å². The molecule has 4 nitrogen and oxygen atoms in total. The van der Waals surface area contributed by atoms with E-state index in [1.54, 1.807) is 0 Å². The number of hydrogen-bond acceptors (Lipinski definition) is 4. The molecule has 1 rings (SSSR count). The lowest BCUT2D eigenvalue weighted by atomic mass is 10.0. The van der Waals surface area contributed by atoms with Crippen LogP contribution in [0.25, 0.3) is 0 Å². The zero-order valence-electron chi connectivity index (χ0n) is 12.3. The fourth-order valence-electron chi connectivity index (χ4n) is 2.24. The number of carbonyl (C=O) groups is 1. The fraction of sp³-hybridized carbons (Fsp3) is 0.929. The van der Waals surface area contributed by atoms with Crippen molar-refractivity contribution in [3.63, 3.8) is 0 Å². The minimum absolute atomic E-state index is 0.162. The summed E-state index contributed by atoms with van der Waals surface area (Å²) in [5.74, 6) is 0.684. The summed E-state index contributed by atoms with van der Waals surface area (Å²) in [5, 5.41) is 3.34. The van der Waals surface area contributed by atoms with E-state index in [2.05, 4.69) is 24.1 Å². The summed E-state index contributed by atoms with van der Waals surface area (Å²) in [6.45, 7) is 9.86. The second kappa shape index (κ2) is 7.10. The molecule has 0 aromatic rings. The second-order valence-electron chi connectivity index (χ2n) is 5.52. The van der Waals surface area contributed by atoms with Gasteiger partial charge >= 0.3 is 5.97 Å². The molecule has 0 aliphatic heterocycles. The van der Waals surface area contributed by atoms with Gasteiger partial charge in [0.1, 0.15) is 5.54 Å². The smallest absolute Gasteiger partial charge is 0.327 e. The molecule has 18 heavy (non-hydrogen) atoms. The van der Waals surface area contributed by atoms with Gasteiger partial charge in [-0.05, 0) is 45.2 Å². The molecule has 1 fully saturated rings. The maximum absolute atomic E-state index is 12.0. The lowest BCUT2D eigenvalue weighted by Crippen LogP contribution is -2.57. The van der Waals surface area contributed by atoms with E-state index in [9.17, 15) is 4.79 Å². The molecule has 1 saturated carbocycles. The van der Waals surface area contributed by atoms with Crippen LogP contribution >= 0.6 is 0 Å². The third kappa shape index (κ3) is 4.58. The predicted molar refractivity (Wildman–Crippen MR) is 73.6 cm³/mol. The third-order valence-electron chi connectivity index (χ3n) is 3.60. The fourth-order valence-corrected chi connectivity index (χ4v) is 2.24. The Hall–Kier alpha value is -0.610. The van der Waals surface area contributed by atoms with E-state index in [-0.39, 0.29) is 5.97 Å². The van der Waals surface area contributed by atoms with E-state index >= 15 is 0 Å². The number of methoxy groups -OCH3 is 1. The summed E-state index contributed by atoms with van der Waals surface area (Å²) in [7, 11) is 1.46. The molecule has 0 bridgehead atoms. The van der Waals surface area contributed by atoms with E-state index in [0.29, 0.717) is 0 Å². The van der Waals surface area contributed by atoms with Gasteiger partial charge in [0.05, 0.1) is 7.11 Å². The molecule has 106 valence electrons. The number of likely N-dealkylation sites (N-methyl/N-ethyl adjacent to an activating group) is 1. The van der Waals surface area contributed by atoms with Gasteiger partial charge < -0.3 is 15.0 Å². The average Bonchev–Trinajstić information content (AvgIpc) is 3.18. The average molecular weight is 256 g/mol. The van der Waals surface area contributed by atoms with Crippen LogP contribution in [0, 0.1) is 5.92 Å². The number of esters is 1. The predicted octanol–water partition coefficient (Wildman–Crippen LogP) is 1.65. The summed E-state index contributed by atoms with van der Waals surface area (Å²) < 4.78 is 4.95. The largest absolute Gasteiger partial charge is 0.468 e. The van der Waals surface area contributed by atoms with E-state index in [0.717, 1.165) is 38.5 Å². The Balaban J connectivity index is 2.58. The van der Waals surface area contributed by atoms with Crippen LogP contribution < -0.4 is 5.32 Å². The summed E-state index contributed by atoms with van der Waals surface area (Å²) in [6, 6.07) is 0. The van der Waals surface area contributed by atoms with Gasteiger partial charge in [-0.25, -0.2) is 0 Å². The van der Waals surface area contributed by atoms with Gasteiger partial charge in [0.15, 0.2) is 0 Å². The molecule has 4 heteroatoms. The summed E-state index contributed by atoms with van der Waals surface area (Å²) in [5.41, 5.74) is -0.588. The Morgan fingerprint density at radius 2 is 2.11 bits per heavy atom. The van der Waals surface area contributed by atoms with Gasteiger partial charge in [0, 0.05) is 13.1 Å². The molecule has 1 aliphatic carbocycles. The number of hydrogen-bond donors (Lipinski definition) is 1. The quantitative estimate of drug-likeness (QED) is 0.637. The van der Waals surface area contributed by atoms with Crippen molar-refractivity contribution >= 4 is 5.97 Å². The van der Waals surface area contributed by atoms with Gasteiger partial charge in [-0.1, -0.05) is 13.8 Å². The molecule has 0 aromatic carbocycles. The number of rotatable bonds is 9. The van der Waals surface area contributed by atoms with Crippen LogP contribution in [-0.4, -0.2) is 49.7 Å². The van der Waals surface area contributed by atoms with Crippen LogP contribution in [-0.2, 0) is 9.53 Å². The number of carbonyl (C=O) groups excluding carboxylic acids is 1. The van der Waals surface area contributed by atoms with E-state index in [1.165, 1.54) is 20.0 Å². The third-order valence-corrected chi connectivity index (χ3v) is 3.60. The van der Waals surface area contributed by atoms with Crippen LogP contribution in [0.1, 0.15) is 40.0 Å². The van der Waals surface area contributed by atoms with E-state index < -0.39 is 5.54 Å². The first-order valence-electron chi connectivity index (χ1n) is 7.11. The van der Waals surface area contributed by atoms with Crippen molar-refractivity contribution in [2.75, 3.05) is 33.3 Å². The van der Waals surface area contributed by atoms with Crippen molar-refractivity contribution in [1.82, 2.24) is 10.2 Å². The topological polar surface area (TPSA) is 41.6 Å². The zero-order valence-corrected chi connectivity index (χ0v) is 12.3. The lowest BCUT2D eigenvalue weighted by molar-refractivity contribution is -0.148. The Bertz CT molecular complexity index is 267. The lowest BCUT2D eigenvalue weighted by Gasteiger charge is -2.33. The molecule has 1 N–H and O–H groups in total. The van der Waals surface area contributed by atoms with Crippen molar-refractivity contribution in [3.8, 4) is 0 Å². The molecular formula is C14H28N2O2. The van der Waals surface area contributed by atoms with Gasteiger partial charge in [-0.3, -0.25) is 4.79 Å². The molecule has 0 spiro atoms. The highest BCUT2D eigenvalue weighted by Crippen LogP contribution is 2.30. The summed E-state index contributed by atoms with van der Waals surface area (Å²) in [4.78, 5) is 14.3. The standard InChI is InChI=1S/C14H28N2O2/c1-5-9-15-14(3,13(17)18-4)11-16(6-2)10-12-7-8-12/h12,15H,5-11H2,1-4H3. The SMILES string of the molecule is CCCNC(C)(CN(CC)CC1CC1)C(=O)OC. The van der Waals surface area contributed by atoms with Gasteiger partial charge in [-0.15, -0.1) is 0 Å². The Morgan fingerprint density at radius 3 is 2.56 bits per heavy atom. The first-order valence-corrected chi connectivity index (χ1v) is 7.11. The molecule has 1 unspecified atom stereocenters. The molecule has 0 saturated heterocycles. The van der Waals surface area contributed by atoms with Crippen LogP contribution in [0.3, 0.4) is 0 Å². The molecule has 1 atom stereocenters. The zero-order chi connectivity index (χ0) is 13.6. The number of nitrogens with one attached hydrogen (secondary N) is 1. The maximum atomic E-state index is 12.0. The highest BCUT2D eigenvalue weighted by Gasteiger charge is 2.36. The monoisotopic (exact) mass is 256 g/mol. The van der Waals surface area contributed by atoms with Crippen molar-refractivity contribution < 1.29 is 9.53 Å². The second-order valence-corrected chi connectivity index (χ2v) is 5.52. The molecule has 0 amide bonds. The number of ether oxygens (including phenoxy) is 1. The molecule has 0 radical (unpaired) electrons. The Labute approximate surface area is 111 Å². The molecule has 0 heterocycles. The Morgan fingerprint density at radius 1 is 1.44 bits per heavy atom. The summed E-state index contributed by atoms with van der Waals surface area (Å²) >= 11 is 0.